The normalized spacial score (nSPS) is 15.4. The smallest absolute Gasteiger partial charge is 0.253 e. The van der Waals surface area contributed by atoms with Gasteiger partial charge in [0.05, 0.1) is 5.69 Å². The van der Waals surface area contributed by atoms with Gasteiger partial charge >= 0.3 is 0 Å². The Morgan fingerprint density at radius 2 is 2.12 bits per heavy atom. The number of aliphatic hydroxyl groups is 1. The monoisotopic (exact) mass is 343 g/mol. The topological polar surface area (TPSA) is 78.6 Å². The summed E-state index contributed by atoms with van der Waals surface area (Å²) in [6, 6.07) is 7.58. The van der Waals surface area contributed by atoms with Crippen molar-refractivity contribution in [3.05, 3.63) is 46.8 Å². The molecule has 0 radical (unpaired) electrons. The van der Waals surface area contributed by atoms with E-state index in [1.807, 2.05) is 43.0 Å². The van der Waals surface area contributed by atoms with E-state index in [1.165, 1.54) is 0 Å². The van der Waals surface area contributed by atoms with Gasteiger partial charge in [0.15, 0.2) is 0 Å². The third-order valence-electron chi connectivity index (χ3n) is 4.92. The highest BCUT2D eigenvalue weighted by Crippen LogP contribution is 2.21. The highest BCUT2D eigenvalue weighted by Gasteiger charge is 2.23. The molecule has 2 N–H and O–H groups in total. The molecule has 0 atom stereocenters. The molecule has 1 amide bonds. The molecule has 1 aromatic carbocycles. The van der Waals surface area contributed by atoms with Gasteiger partial charge in [0.2, 0.25) is 0 Å². The average molecular weight is 343 g/mol. The summed E-state index contributed by atoms with van der Waals surface area (Å²) in [4.78, 5) is 14.6. The lowest BCUT2D eigenvalue weighted by molar-refractivity contribution is 0.0651. The second-order valence-electron chi connectivity index (χ2n) is 6.66. The lowest BCUT2D eigenvalue weighted by Crippen LogP contribution is -2.39. The predicted octanol–water partition coefficient (Wildman–Crippen LogP) is 2.75. The maximum atomic E-state index is 12.7. The first-order chi connectivity index (χ1) is 12.1. The molecule has 0 saturated carbocycles. The number of amides is 1. The van der Waals surface area contributed by atoms with Crippen molar-refractivity contribution >= 4 is 11.6 Å². The van der Waals surface area contributed by atoms with E-state index in [1.54, 1.807) is 0 Å². The van der Waals surface area contributed by atoms with Crippen molar-refractivity contribution in [2.75, 3.05) is 25.0 Å². The molecule has 0 unspecified atom stereocenters. The number of aliphatic hydroxyl groups excluding tert-OH is 1. The van der Waals surface area contributed by atoms with Crippen molar-refractivity contribution in [2.45, 2.75) is 33.2 Å². The number of hydrogen-bond acceptors (Lipinski definition) is 5. The fourth-order valence-electron chi connectivity index (χ4n) is 3.21. The minimum Gasteiger partial charge on any atom is -0.396 e. The van der Waals surface area contributed by atoms with Gasteiger partial charge in [-0.15, -0.1) is 0 Å². The molecule has 6 heteroatoms. The molecule has 1 fully saturated rings. The highest BCUT2D eigenvalue weighted by molar-refractivity contribution is 5.95. The molecule has 0 bridgehead atoms. The second kappa shape index (κ2) is 7.70. The van der Waals surface area contributed by atoms with Crippen molar-refractivity contribution in [1.82, 2.24) is 10.1 Å². The average Bonchev–Trinajstić information content (AvgIpc) is 2.97. The highest BCUT2D eigenvalue weighted by atomic mass is 16.5. The SMILES string of the molecule is Cc1noc(C)c1CNc1cccc(C(=O)N2CCC(CO)CC2)c1. The summed E-state index contributed by atoms with van der Waals surface area (Å²) >= 11 is 0. The van der Waals surface area contributed by atoms with Gasteiger partial charge < -0.3 is 19.8 Å². The third kappa shape index (κ3) is 4.02. The van der Waals surface area contributed by atoms with Gasteiger partial charge in [-0.2, -0.15) is 0 Å². The van der Waals surface area contributed by atoms with Crippen molar-refractivity contribution in [1.29, 1.82) is 0 Å². The van der Waals surface area contributed by atoms with Crippen LogP contribution in [0.25, 0.3) is 0 Å². The molecule has 134 valence electrons. The molecule has 2 heterocycles. The van der Waals surface area contributed by atoms with Crippen molar-refractivity contribution < 1.29 is 14.4 Å². The minimum absolute atomic E-state index is 0.0531. The molecule has 3 rings (SSSR count). The van der Waals surface area contributed by atoms with Crippen molar-refractivity contribution in [3.8, 4) is 0 Å². The molecular formula is C19H25N3O3. The number of benzene rings is 1. The molecular weight excluding hydrogens is 318 g/mol. The summed E-state index contributed by atoms with van der Waals surface area (Å²) in [6.45, 7) is 6.06. The molecule has 25 heavy (non-hydrogen) atoms. The number of nitrogens with one attached hydrogen (secondary N) is 1. The first-order valence-electron chi connectivity index (χ1n) is 8.74. The van der Waals surface area contributed by atoms with Crippen LogP contribution in [0.1, 0.15) is 40.2 Å². The quantitative estimate of drug-likeness (QED) is 0.873. The van der Waals surface area contributed by atoms with Gasteiger partial charge in [-0.05, 0) is 50.8 Å². The largest absolute Gasteiger partial charge is 0.396 e. The first-order valence-corrected chi connectivity index (χ1v) is 8.74. The Balaban J connectivity index is 1.64. The molecule has 1 aliphatic rings. The van der Waals surface area contributed by atoms with Gasteiger partial charge in [0.25, 0.3) is 5.91 Å². The lowest BCUT2D eigenvalue weighted by atomic mass is 9.97. The van der Waals surface area contributed by atoms with E-state index in [2.05, 4.69) is 10.5 Å². The number of carbonyl (C=O) groups is 1. The van der Waals surface area contributed by atoms with E-state index in [-0.39, 0.29) is 12.5 Å². The van der Waals surface area contributed by atoms with Gasteiger partial charge in [0, 0.05) is 43.1 Å². The van der Waals surface area contributed by atoms with Crippen molar-refractivity contribution in [2.24, 2.45) is 5.92 Å². The zero-order valence-corrected chi connectivity index (χ0v) is 14.8. The lowest BCUT2D eigenvalue weighted by Gasteiger charge is -2.31. The van der Waals surface area contributed by atoms with E-state index in [9.17, 15) is 9.90 Å². The Kier molecular flexibility index (Phi) is 5.38. The molecule has 0 aliphatic carbocycles. The molecule has 1 aliphatic heterocycles. The van der Waals surface area contributed by atoms with Gasteiger partial charge in [-0.25, -0.2) is 0 Å². The predicted molar refractivity (Wildman–Crippen MR) is 95.5 cm³/mol. The van der Waals surface area contributed by atoms with Crippen molar-refractivity contribution in [3.63, 3.8) is 0 Å². The number of nitrogens with zero attached hydrogens (tertiary/aromatic N) is 2. The Hall–Kier alpha value is -2.34. The van der Waals surface area contributed by atoms with Gasteiger partial charge in [-0.1, -0.05) is 11.2 Å². The maximum absolute atomic E-state index is 12.7. The molecule has 2 aromatic rings. The van der Waals surface area contributed by atoms with Crippen LogP contribution in [0.5, 0.6) is 0 Å². The van der Waals surface area contributed by atoms with E-state index >= 15 is 0 Å². The number of aryl methyl sites for hydroxylation is 2. The Bertz CT molecular complexity index is 714. The number of piperidine rings is 1. The summed E-state index contributed by atoms with van der Waals surface area (Å²) < 4.78 is 5.17. The first kappa shape index (κ1) is 17.5. The van der Waals surface area contributed by atoms with Crippen LogP contribution >= 0.6 is 0 Å². The Morgan fingerprint density at radius 1 is 1.36 bits per heavy atom. The van der Waals surface area contributed by atoms with E-state index < -0.39 is 0 Å². The van der Waals surface area contributed by atoms with Crippen LogP contribution in [-0.2, 0) is 6.54 Å². The third-order valence-corrected chi connectivity index (χ3v) is 4.92. The zero-order chi connectivity index (χ0) is 17.8. The molecule has 1 aromatic heterocycles. The van der Waals surface area contributed by atoms with Crippen LogP contribution in [0.3, 0.4) is 0 Å². The van der Waals surface area contributed by atoms with Gasteiger partial charge in [-0.3, -0.25) is 4.79 Å². The minimum atomic E-state index is 0.0531. The number of likely N-dealkylation sites (tertiary alicyclic amines) is 1. The Morgan fingerprint density at radius 3 is 2.76 bits per heavy atom. The maximum Gasteiger partial charge on any atom is 0.253 e. The van der Waals surface area contributed by atoms with Crippen LogP contribution < -0.4 is 5.32 Å². The summed E-state index contributed by atoms with van der Waals surface area (Å²) in [5.74, 6) is 1.19. The Labute approximate surface area is 147 Å². The van der Waals surface area contributed by atoms with E-state index in [0.29, 0.717) is 31.1 Å². The summed E-state index contributed by atoms with van der Waals surface area (Å²) in [5, 5.41) is 16.5. The summed E-state index contributed by atoms with van der Waals surface area (Å²) in [5.41, 5.74) is 3.51. The standard InChI is InChI=1S/C19H25N3O3/c1-13-18(14(2)25-21-13)11-20-17-5-3-4-16(10-17)19(24)22-8-6-15(12-23)7-9-22/h3-5,10,15,20,23H,6-9,11-12H2,1-2H3. The van der Waals surface area contributed by atoms with Crippen LogP contribution in [0.4, 0.5) is 5.69 Å². The number of anilines is 1. The number of aromatic nitrogens is 1. The zero-order valence-electron chi connectivity index (χ0n) is 14.8. The number of rotatable bonds is 5. The van der Waals surface area contributed by atoms with Crippen LogP contribution in [0, 0.1) is 19.8 Å². The summed E-state index contributed by atoms with van der Waals surface area (Å²) in [6.07, 6.45) is 1.73. The molecule has 0 spiro atoms. The van der Waals surface area contributed by atoms with Crippen LogP contribution in [0.2, 0.25) is 0 Å². The second-order valence-corrected chi connectivity index (χ2v) is 6.66. The van der Waals surface area contributed by atoms with Crippen LogP contribution in [-0.4, -0.2) is 40.8 Å². The van der Waals surface area contributed by atoms with E-state index in [4.69, 9.17) is 4.52 Å². The number of hydrogen-bond donors (Lipinski definition) is 2. The fraction of sp³-hybridized carbons (Fsp3) is 0.474. The summed E-state index contributed by atoms with van der Waals surface area (Å²) in [7, 11) is 0. The van der Waals surface area contributed by atoms with E-state index in [0.717, 1.165) is 35.5 Å². The molecule has 1 saturated heterocycles. The van der Waals surface area contributed by atoms with Crippen LogP contribution in [0.15, 0.2) is 28.8 Å². The van der Waals surface area contributed by atoms with Gasteiger partial charge in [0.1, 0.15) is 5.76 Å². The fourth-order valence-corrected chi connectivity index (χ4v) is 3.21. The number of carbonyl (C=O) groups excluding carboxylic acids is 1. The molecule has 6 nitrogen and oxygen atoms in total.